The van der Waals surface area contributed by atoms with E-state index in [0.717, 1.165) is 48.8 Å². The molecule has 0 bridgehead atoms. The largest absolute Gasteiger partial charge is 0.468 e. The molecular formula is C36H20Cl2F14N8O6. The summed E-state index contributed by atoms with van der Waals surface area (Å²) in [4.78, 5) is 38.3. The van der Waals surface area contributed by atoms with Crippen LogP contribution in [0.5, 0.6) is 11.8 Å². The maximum absolute atomic E-state index is 13.9. The van der Waals surface area contributed by atoms with Gasteiger partial charge in [0.2, 0.25) is 23.5 Å². The minimum atomic E-state index is -4.84. The van der Waals surface area contributed by atoms with E-state index in [9.17, 15) is 71.1 Å². The minimum Gasteiger partial charge on any atom is -0.468 e. The molecule has 0 fully saturated rings. The van der Waals surface area contributed by atoms with Crippen molar-refractivity contribution in [3.05, 3.63) is 117 Å². The Hall–Kier alpha value is -6.84. The topological polar surface area (TPSA) is 180 Å². The first kappa shape index (κ1) is 50.2. The number of pyridine rings is 2. The third-order valence-corrected chi connectivity index (χ3v) is 8.27. The Balaban J connectivity index is 0.000000247. The number of carbonyl (C=O) groups is 2. The maximum atomic E-state index is 13.9. The molecule has 30 heteroatoms. The van der Waals surface area contributed by atoms with Gasteiger partial charge in [-0.2, -0.15) is 62.7 Å². The number of hydrogen-bond acceptors (Lipinski definition) is 12. The highest BCUT2D eigenvalue weighted by Crippen LogP contribution is 2.35. The van der Waals surface area contributed by atoms with Crippen molar-refractivity contribution in [2.75, 3.05) is 13.2 Å². The van der Waals surface area contributed by atoms with E-state index in [1.165, 1.54) is 12.1 Å². The number of rotatable bonds is 12. The third kappa shape index (κ3) is 14.1. The van der Waals surface area contributed by atoms with Crippen molar-refractivity contribution in [2.24, 2.45) is 0 Å². The molecule has 2 amide bonds. The number of aromatic nitrogens is 6. The number of carbonyl (C=O) groups excluding carboxylic acids is 2. The number of nitrogens with zero attached hydrogens (tertiary/aromatic N) is 6. The van der Waals surface area contributed by atoms with E-state index in [1.807, 2.05) is 0 Å². The summed E-state index contributed by atoms with van der Waals surface area (Å²) in [6, 6.07) is 8.68. The van der Waals surface area contributed by atoms with E-state index in [-0.39, 0.29) is 43.4 Å². The van der Waals surface area contributed by atoms with Crippen LogP contribution in [-0.2, 0) is 25.4 Å². The second kappa shape index (κ2) is 20.1. The van der Waals surface area contributed by atoms with Gasteiger partial charge < -0.3 is 29.2 Å². The molecule has 0 aliphatic rings. The first-order valence-electron chi connectivity index (χ1n) is 17.3. The van der Waals surface area contributed by atoms with Crippen LogP contribution in [0.2, 0.25) is 10.0 Å². The average Bonchev–Trinajstić information content (AvgIpc) is 3.93. The van der Waals surface area contributed by atoms with E-state index in [4.69, 9.17) is 23.2 Å². The molecule has 0 unspecified atom stereocenters. The van der Waals surface area contributed by atoms with Crippen molar-refractivity contribution in [3.8, 4) is 34.0 Å². The number of alkyl halides is 12. The van der Waals surface area contributed by atoms with E-state index in [0.29, 0.717) is 0 Å². The molecule has 6 rings (SSSR count). The quantitative estimate of drug-likeness (QED) is 0.111. The summed E-state index contributed by atoms with van der Waals surface area (Å²) < 4.78 is 196. The van der Waals surface area contributed by atoms with Gasteiger partial charge in [-0.1, -0.05) is 45.6 Å². The molecule has 66 heavy (non-hydrogen) atoms. The fourth-order valence-corrected chi connectivity index (χ4v) is 5.12. The van der Waals surface area contributed by atoms with Gasteiger partial charge in [0.25, 0.3) is 23.5 Å². The standard InChI is InChI=1S/2C18H10ClF7N4O3/c19-11-4-8(1-2-12(11)20)10-3-9(5-28-15(10)32-7-17(21,22)23)14(31)27-6-13-29-16(30-33-13)18(24,25)26;19-11-2-1-8(4-12(11)20)10-3-9(5-28-15(10)32-7-17(21,22)23)14(31)27-6-13-29-16(30-33-13)18(24,25)26/h2*1-5H,6-7H2,(H,27,31). The number of amides is 2. The molecule has 352 valence electrons. The van der Waals surface area contributed by atoms with Gasteiger partial charge in [0.05, 0.1) is 34.3 Å². The van der Waals surface area contributed by atoms with E-state index < -0.39 is 110 Å². The van der Waals surface area contributed by atoms with Crippen molar-refractivity contribution < 1.29 is 89.6 Å². The molecule has 0 aliphatic carbocycles. The Kier molecular flexibility index (Phi) is 15.3. The minimum absolute atomic E-state index is 0.00273. The molecule has 14 nitrogen and oxygen atoms in total. The zero-order chi connectivity index (χ0) is 48.8. The molecule has 4 heterocycles. The number of nitrogens with one attached hydrogen (secondary N) is 2. The van der Waals surface area contributed by atoms with E-state index in [2.05, 4.69) is 59.4 Å². The SMILES string of the molecule is O=C(NCc1nc(C(F)(F)F)no1)c1cnc(OCC(F)(F)F)c(-c2ccc(Cl)c(F)c2)c1.O=C(NCc1nc(C(F)(F)F)no1)c1cnc(OCC(F)(F)F)c(-c2ccc(F)c(Cl)c2)c1. The van der Waals surface area contributed by atoms with Gasteiger partial charge >= 0.3 is 24.7 Å². The fraction of sp³-hybridized carbons (Fsp3) is 0.222. The highest BCUT2D eigenvalue weighted by molar-refractivity contribution is 6.31. The average molecular weight is 997 g/mol. The molecule has 0 spiro atoms. The van der Waals surface area contributed by atoms with Crippen LogP contribution in [0.4, 0.5) is 61.5 Å². The van der Waals surface area contributed by atoms with Crippen LogP contribution in [-0.4, -0.2) is 67.6 Å². The lowest BCUT2D eigenvalue weighted by Crippen LogP contribution is -2.24. The molecular weight excluding hydrogens is 977 g/mol. The molecule has 0 saturated carbocycles. The van der Waals surface area contributed by atoms with Gasteiger partial charge in [0, 0.05) is 23.5 Å². The zero-order valence-electron chi connectivity index (χ0n) is 31.8. The normalized spacial score (nSPS) is 12.0. The lowest BCUT2D eigenvalue weighted by atomic mass is 10.0. The van der Waals surface area contributed by atoms with Crippen LogP contribution in [0.3, 0.4) is 0 Å². The van der Waals surface area contributed by atoms with Gasteiger partial charge in [0.15, 0.2) is 13.2 Å². The zero-order valence-corrected chi connectivity index (χ0v) is 33.3. The number of ether oxygens (including phenoxy) is 2. The van der Waals surface area contributed by atoms with Gasteiger partial charge in [-0.15, -0.1) is 0 Å². The van der Waals surface area contributed by atoms with Gasteiger partial charge in [-0.25, -0.2) is 18.7 Å². The van der Waals surface area contributed by atoms with Crippen LogP contribution < -0.4 is 20.1 Å². The molecule has 0 radical (unpaired) electrons. The predicted molar refractivity (Wildman–Crippen MR) is 193 cm³/mol. The van der Waals surface area contributed by atoms with Crippen molar-refractivity contribution in [2.45, 2.75) is 37.8 Å². The summed E-state index contributed by atoms with van der Waals surface area (Å²) in [6.45, 7) is -4.55. The molecule has 4 aromatic heterocycles. The van der Waals surface area contributed by atoms with Gasteiger partial charge in [-0.3, -0.25) is 9.59 Å². The number of halogens is 16. The summed E-state index contributed by atoms with van der Waals surface area (Å²) in [5.74, 6) is -8.68. The monoisotopic (exact) mass is 996 g/mol. The summed E-state index contributed by atoms with van der Waals surface area (Å²) in [7, 11) is 0. The van der Waals surface area contributed by atoms with E-state index in [1.54, 1.807) is 0 Å². The molecule has 0 aliphatic heterocycles. The van der Waals surface area contributed by atoms with E-state index >= 15 is 0 Å². The third-order valence-electron chi connectivity index (χ3n) is 7.68. The van der Waals surface area contributed by atoms with Crippen LogP contribution in [0.1, 0.15) is 44.1 Å². The lowest BCUT2D eigenvalue weighted by molar-refractivity contribution is -0.154. The second-order valence-corrected chi connectivity index (χ2v) is 13.4. The molecule has 2 N–H and O–H groups in total. The van der Waals surface area contributed by atoms with Gasteiger partial charge in [0.1, 0.15) is 11.6 Å². The van der Waals surface area contributed by atoms with Crippen molar-refractivity contribution in [3.63, 3.8) is 0 Å². The molecule has 6 aromatic rings. The molecule has 0 atom stereocenters. The summed E-state index contributed by atoms with van der Waals surface area (Å²) >= 11 is 11.3. The lowest BCUT2D eigenvalue weighted by Gasteiger charge is -2.14. The number of benzene rings is 2. The second-order valence-electron chi connectivity index (χ2n) is 12.6. The first-order valence-corrected chi connectivity index (χ1v) is 18.1. The van der Waals surface area contributed by atoms with Crippen molar-refractivity contribution in [1.29, 1.82) is 0 Å². The number of hydrogen-bond donors (Lipinski definition) is 2. The van der Waals surface area contributed by atoms with Crippen LogP contribution in [0, 0.1) is 11.6 Å². The Labute approximate surface area is 367 Å². The Morgan fingerprint density at radius 1 is 0.576 bits per heavy atom. The fourth-order valence-electron chi connectivity index (χ4n) is 4.82. The van der Waals surface area contributed by atoms with Crippen LogP contribution in [0.25, 0.3) is 22.3 Å². The maximum Gasteiger partial charge on any atom is 0.455 e. The van der Waals surface area contributed by atoms with Crippen molar-refractivity contribution in [1.82, 2.24) is 40.9 Å². The van der Waals surface area contributed by atoms with Crippen LogP contribution >= 0.6 is 23.2 Å². The summed E-state index contributed by atoms with van der Waals surface area (Å²) in [6.07, 6.45) is -17.3. The van der Waals surface area contributed by atoms with Crippen LogP contribution in [0.15, 0.2) is 70.0 Å². The Morgan fingerprint density at radius 2 is 1.00 bits per heavy atom. The van der Waals surface area contributed by atoms with Gasteiger partial charge in [-0.05, 0) is 47.5 Å². The highest BCUT2D eigenvalue weighted by Gasteiger charge is 2.38. The highest BCUT2D eigenvalue weighted by atomic mass is 35.5. The predicted octanol–water partition coefficient (Wildman–Crippen LogP) is 9.63. The first-order chi connectivity index (χ1) is 30.7. The van der Waals surface area contributed by atoms with Crippen molar-refractivity contribution >= 4 is 35.0 Å². The summed E-state index contributed by atoms with van der Waals surface area (Å²) in [5, 5.41) is 9.26. The Bertz CT molecular complexity index is 2510. The molecule has 0 saturated heterocycles. The summed E-state index contributed by atoms with van der Waals surface area (Å²) in [5.41, 5.74) is -0.628. The smallest absolute Gasteiger partial charge is 0.455 e. The molecule has 2 aromatic carbocycles. The Morgan fingerprint density at radius 3 is 1.38 bits per heavy atom.